The average Bonchev–Trinajstić information content (AvgIpc) is 2.64. The molecule has 3 rings (SSSR count). The summed E-state index contributed by atoms with van der Waals surface area (Å²) in [5.41, 5.74) is 1.46. The Bertz CT molecular complexity index is 837. The third-order valence-electron chi connectivity index (χ3n) is 4.57. The third kappa shape index (κ3) is 5.50. The van der Waals surface area contributed by atoms with Gasteiger partial charge in [0.05, 0.1) is 17.7 Å². The van der Waals surface area contributed by atoms with Gasteiger partial charge in [-0.1, -0.05) is 34.8 Å². The number of aryl methyl sites for hydroxylation is 1. The molecule has 0 radical (unpaired) electrons. The van der Waals surface area contributed by atoms with Crippen molar-refractivity contribution in [1.82, 2.24) is 4.90 Å². The average molecular weight is 449 g/mol. The zero-order valence-corrected chi connectivity index (χ0v) is 17.6. The Balaban J connectivity index is 1.56. The van der Waals surface area contributed by atoms with Crippen LogP contribution in [0.4, 0.5) is 4.39 Å². The van der Waals surface area contributed by atoms with E-state index in [0.717, 1.165) is 5.56 Å². The van der Waals surface area contributed by atoms with Crippen molar-refractivity contribution in [1.29, 1.82) is 0 Å². The molecule has 0 spiro atoms. The molecule has 2 atom stereocenters. The van der Waals surface area contributed by atoms with Crippen molar-refractivity contribution in [2.45, 2.75) is 19.1 Å². The Morgan fingerprint density at radius 2 is 2.04 bits per heavy atom. The van der Waals surface area contributed by atoms with Crippen molar-refractivity contribution in [2.75, 3.05) is 32.8 Å². The number of β-amino-alcohol motifs (C(OH)–C–C–N with tert-alkyl or cyclic N) is 1. The van der Waals surface area contributed by atoms with Crippen LogP contribution in [0.1, 0.15) is 17.2 Å². The van der Waals surface area contributed by atoms with Crippen LogP contribution in [0.25, 0.3) is 0 Å². The molecule has 2 aromatic rings. The van der Waals surface area contributed by atoms with Crippen LogP contribution in [0, 0.1) is 12.7 Å². The fraction of sp³-hybridized carbons (Fsp3) is 0.400. The van der Waals surface area contributed by atoms with Gasteiger partial charge in [0, 0.05) is 35.2 Å². The predicted octanol–water partition coefficient (Wildman–Crippen LogP) is 4.91. The van der Waals surface area contributed by atoms with Crippen molar-refractivity contribution < 1.29 is 19.0 Å². The van der Waals surface area contributed by atoms with Crippen molar-refractivity contribution in [2.24, 2.45) is 0 Å². The monoisotopic (exact) mass is 447 g/mol. The molecule has 1 aliphatic heterocycles. The number of ether oxygens (including phenoxy) is 2. The van der Waals surface area contributed by atoms with E-state index in [9.17, 15) is 9.50 Å². The third-order valence-corrected chi connectivity index (χ3v) is 5.43. The molecule has 152 valence electrons. The van der Waals surface area contributed by atoms with Gasteiger partial charge in [-0.15, -0.1) is 0 Å². The molecular weight excluding hydrogens is 428 g/mol. The highest BCUT2D eigenvalue weighted by molar-refractivity contribution is 6.35. The van der Waals surface area contributed by atoms with E-state index in [2.05, 4.69) is 0 Å². The Hall–Kier alpha value is -1.08. The molecule has 0 amide bonds. The van der Waals surface area contributed by atoms with Crippen LogP contribution in [0.3, 0.4) is 0 Å². The van der Waals surface area contributed by atoms with Gasteiger partial charge in [-0.2, -0.15) is 0 Å². The van der Waals surface area contributed by atoms with Crippen LogP contribution >= 0.6 is 34.8 Å². The van der Waals surface area contributed by atoms with Crippen LogP contribution in [0.15, 0.2) is 30.3 Å². The van der Waals surface area contributed by atoms with Gasteiger partial charge < -0.3 is 14.6 Å². The van der Waals surface area contributed by atoms with Gasteiger partial charge >= 0.3 is 0 Å². The topological polar surface area (TPSA) is 41.9 Å². The lowest BCUT2D eigenvalue weighted by Crippen LogP contribution is -2.43. The predicted molar refractivity (Wildman–Crippen MR) is 109 cm³/mol. The van der Waals surface area contributed by atoms with Crippen LogP contribution < -0.4 is 4.74 Å². The van der Waals surface area contributed by atoms with Crippen LogP contribution in [0.5, 0.6) is 5.75 Å². The largest absolute Gasteiger partial charge is 0.491 e. The summed E-state index contributed by atoms with van der Waals surface area (Å²) < 4.78 is 25.3. The SMILES string of the molecule is Cc1cc(Cl)ccc1OCC(O)CN1CCOC(c2cc(F)c(Cl)cc2Cl)C1. The van der Waals surface area contributed by atoms with Gasteiger partial charge in [0.2, 0.25) is 0 Å². The van der Waals surface area contributed by atoms with Gasteiger partial charge in [-0.25, -0.2) is 4.39 Å². The van der Waals surface area contributed by atoms with E-state index in [4.69, 9.17) is 44.3 Å². The van der Waals surface area contributed by atoms with Gasteiger partial charge in [0.1, 0.15) is 24.3 Å². The van der Waals surface area contributed by atoms with Gasteiger partial charge in [-0.3, -0.25) is 4.90 Å². The maximum absolute atomic E-state index is 13.8. The molecule has 1 aliphatic rings. The fourth-order valence-electron chi connectivity index (χ4n) is 3.15. The second kappa shape index (κ2) is 9.61. The standard InChI is InChI=1S/C20H21Cl3FNO3/c1-12-6-13(21)2-3-19(12)28-11-14(26)9-25-4-5-27-20(10-25)15-7-18(24)17(23)8-16(15)22/h2-3,6-8,14,20,26H,4-5,9-11H2,1H3. The lowest BCUT2D eigenvalue weighted by atomic mass is 10.1. The number of aliphatic hydroxyl groups is 1. The lowest BCUT2D eigenvalue weighted by molar-refractivity contribution is -0.0460. The van der Waals surface area contributed by atoms with E-state index in [1.54, 1.807) is 12.1 Å². The molecule has 0 aromatic heterocycles. The van der Waals surface area contributed by atoms with Crippen molar-refractivity contribution in [3.8, 4) is 5.75 Å². The molecule has 0 saturated carbocycles. The Labute approximate surface area is 178 Å². The maximum Gasteiger partial charge on any atom is 0.142 e. The zero-order chi connectivity index (χ0) is 20.3. The van der Waals surface area contributed by atoms with Crippen molar-refractivity contribution >= 4 is 34.8 Å². The second-order valence-electron chi connectivity index (χ2n) is 6.78. The molecule has 28 heavy (non-hydrogen) atoms. The van der Waals surface area contributed by atoms with E-state index in [-0.39, 0.29) is 17.7 Å². The van der Waals surface area contributed by atoms with Gasteiger partial charge in [0.25, 0.3) is 0 Å². The number of hydrogen-bond acceptors (Lipinski definition) is 4. The minimum atomic E-state index is -0.689. The lowest BCUT2D eigenvalue weighted by Gasteiger charge is -2.34. The highest BCUT2D eigenvalue weighted by Crippen LogP contribution is 2.32. The number of nitrogens with zero attached hydrogens (tertiary/aromatic N) is 1. The van der Waals surface area contributed by atoms with E-state index >= 15 is 0 Å². The summed E-state index contributed by atoms with van der Waals surface area (Å²) in [6, 6.07) is 8.03. The molecule has 0 bridgehead atoms. The normalized spacial score (nSPS) is 18.9. The van der Waals surface area contributed by atoms with Gasteiger partial charge in [0.15, 0.2) is 0 Å². The number of aliphatic hydroxyl groups excluding tert-OH is 1. The first kappa shape index (κ1) is 21.6. The summed E-state index contributed by atoms with van der Waals surface area (Å²) in [5, 5.41) is 11.3. The van der Waals surface area contributed by atoms with Crippen molar-refractivity contribution in [3.63, 3.8) is 0 Å². The quantitative estimate of drug-likeness (QED) is 0.638. The molecular formula is C20H21Cl3FNO3. The maximum atomic E-state index is 13.8. The first-order valence-corrected chi connectivity index (χ1v) is 10.0. The van der Waals surface area contributed by atoms with Crippen LogP contribution in [-0.2, 0) is 4.74 Å². The Kier molecular flexibility index (Phi) is 7.42. The summed E-state index contributed by atoms with van der Waals surface area (Å²) in [6.07, 6.45) is -1.08. The summed E-state index contributed by atoms with van der Waals surface area (Å²) in [7, 11) is 0. The van der Waals surface area contributed by atoms with E-state index in [1.807, 2.05) is 17.9 Å². The molecule has 4 nitrogen and oxygen atoms in total. The molecule has 1 saturated heterocycles. The highest BCUT2D eigenvalue weighted by atomic mass is 35.5. The molecule has 8 heteroatoms. The molecule has 1 N–H and O–H groups in total. The number of rotatable bonds is 6. The minimum Gasteiger partial charge on any atom is -0.491 e. The number of benzene rings is 2. The molecule has 0 aliphatic carbocycles. The van der Waals surface area contributed by atoms with E-state index in [0.29, 0.717) is 47.6 Å². The fourth-order valence-corrected chi connectivity index (χ4v) is 3.88. The minimum absolute atomic E-state index is 0.0218. The second-order valence-corrected chi connectivity index (χ2v) is 8.03. The Morgan fingerprint density at radius 3 is 2.79 bits per heavy atom. The Morgan fingerprint density at radius 1 is 1.25 bits per heavy atom. The number of hydrogen-bond donors (Lipinski definition) is 1. The number of morpholine rings is 1. The van der Waals surface area contributed by atoms with E-state index in [1.165, 1.54) is 12.1 Å². The first-order chi connectivity index (χ1) is 13.3. The summed E-state index contributed by atoms with van der Waals surface area (Å²) in [6.45, 7) is 4.05. The van der Waals surface area contributed by atoms with E-state index < -0.39 is 11.9 Å². The first-order valence-electron chi connectivity index (χ1n) is 8.89. The smallest absolute Gasteiger partial charge is 0.142 e. The number of halogens is 4. The molecule has 1 fully saturated rings. The highest BCUT2D eigenvalue weighted by Gasteiger charge is 2.26. The molecule has 1 heterocycles. The van der Waals surface area contributed by atoms with Gasteiger partial charge in [-0.05, 0) is 42.8 Å². The molecule has 2 aromatic carbocycles. The zero-order valence-electron chi connectivity index (χ0n) is 15.3. The van der Waals surface area contributed by atoms with Crippen LogP contribution in [0.2, 0.25) is 15.1 Å². The van der Waals surface area contributed by atoms with Crippen molar-refractivity contribution in [3.05, 3.63) is 62.3 Å². The summed E-state index contributed by atoms with van der Waals surface area (Å²) >= 11 is 17.9. The summed E-state index contributed by atoms with van der Waals surface area (Å²) in [5.74, 6) is 0.153. The van der Waals surface area contributed by atoms with Crippen LogP contribution in [-0.4, -0.2) is 49.0 Å². The summed E-state index contributed by atoms with van der Waals surface area (Å²) in [4.78, 5) is 2.04. The molecule has 2 unspecified atom stereocenters.